The van der Waals surface area contributed by atoms with Gasteiger partial charge in [0.2, 0.25) is 0 Å². The number of benzene rings is 1. The first-order valence-electron chi connectivity index (χ1n) is 10.6. The van der Waals surface area contributed by atoms with Crippen LogP contribution in [0.15, 0.2) is 18.2 Å². The summed E-state index contributed by atoms with van der Waals surface area (Å²) in [5.41, 5.74) is 11.3. The molecule has 0 bridgehead atoms. The van der Waals surface area contributed by atoms with Gasteiger partial charge in [0.05, 0.1) is 0 Å². The zero-order valence-corrected chi connectivity index (χ0v) is 15.9. The molecule has 0 heterocycles. The monoisotopic (exact) mass is 341 g/mol. The molecule has 2 saturated carbocycles. The van der Waals surface area contributed by atoms with Crippen LogP contribution in [0.3, 0.4) is 0 Å². The van der Waals surface area contributed by atoms with Gasteiger partial charge in [0.15, 0.2) is 0 Å². The average molecular weight is 342 g/mol. The molecule has 2 heteroatoms. The Hall–Kier alpha value is -0.860. The van der Waals surface area contributed by atoms with E-state index in [1.165, 1.54) is 57.8 Å². The molecule has 3 atom stereocenters. The first-order chi connectivity index (χ1) is 12.1. The Morgan fingerprint density at radius 1 is 1.12 bits per heavy atom. The predicted molar refractivity (Wildman–Crippen MR) is 104 cm³/mol. The summed E-state index contributed by atoms with van der Waals surface area (Å²) < 4.78 is 5.85. The summed E-state index contributed by atoms with van der Waals surface area (Å²) in [6, 6.07) is 7.34. The Labute approximate surface area is 153 Å². The van der Waals surface area contributed by atoms with E-state index in [4.69, 9.17) is 10.5 Å². The van der Waals surface area contributed by atoms with Gasteiger partial charge in [-0.05, 0) is 98.7 Å². The van der Waals surface area contributed by atoms with Crippen molar-refractivity contribution in [2.24, 2.45) is 17.6 Å². The van der Waals surface area contributed by atoms with E-state index in [2.05, 4.69) is 25.1 Å². The second kappa shape index (κ2) is 7.40. The molecule has 2 fully saturated rings. The predicted octanol–water partition coefficient (Wildman–Crippen LogP) is 4.98. The highest BCUT2D eigenvalue weighted by Crippen LogP contribution is 2.42. The summed E-state index contributed by atoms with van der Waals surface area (Å²) in [4.78, 5) is 0. The highest BCUT2D eigenvalue weighted by Gasteiger charge is 2.35. The first kappa shape index (κ1) is 17.5. The molecule has 25 heavy (non-hydrogen) atoms. The van der Waals surface area contributed by atoms with Crippen molar-refractivity contribution in [3.63, 3.8) is 0 Å². The molecular weight excluding hydrogens is 306 g/mol. The molecule has 2 nitrogen and oxygen atoms in total. The minimum absolute atomic E-state index is 0.0894. The molecule has 0 amide bonds. The van der Waals surface area contributed by atoms with Crippen LogP contribution in [0, 0.1) is 11.8 Å². The molecule has 138 valence electrons. The fourth-order valence-corrected chi connectivity index (χ4v) is 4.90. The Bertz CT molecular complexity index is 594. The molecule has 1 aromatic rings. The van der Waals surface area contributed by atoms with E-state index in [1.807, 2.05) is 0 Å². The van der Waals surface area contributed by atoms with Crippen LogP contribution >= 0.6 is 0 Å². The molecule has 4 rings (SSSR count). The van der Waals surface area contributed by atoms with Crippen LogP contribution in [0.5, 0.6) is 0 Å². The van der Waals surface area contributed by atoms with E-state index in [0.29, 0.717) is 5.92 Å². The van der Waals surface area contributed by atoms with Gasteiger partial charge in [0.25, 0.3) is 0 Å². The van der Waals surface area contributed by atoms with E-state index in [-0.39, 0.29) is 5.54 Å². The maximum absolute atomic E-state index is 6.51. The Kier molecular flexibility index (Phi) is 5.20. The second-order valence-electron chi connectivity index (χ2n) is 9.10. The van der Waals surface area contributed by atoms with Gasteiger partial charge in [-0.3, -0.25) is 0 Å². The summed E-state index contributed by atoms with van der Waals surface area (Å²) in [5, 5.41) is 0. The average Bonchev–Trinajstić information content (AvgIpc) is 3.38. The number of ether oxygens (including phenoxy) is 1. The van der Waals surface area contributed by atoms with Crippen molar-refractivity contribution in [2.75, 3.05) is 13.2 Å². The van der Waals surface area contributed by atoms with Crippen LogP contribution in [0.25, 0.3) is 0 Å². The fourth-order valence-electron chi connectivity index (χ4n) is 4.90. The topological polar surface area (TPSA) is 35.2 Å². The van der Waals surface area contributed by atoms with Crippen molar-refractivity contribution in [1.29, 1.82) is 0 Å². The minimum atomic E-state index is 0.0894. The Morgan fingerprint density at radius 2 is 2.00 bits per heavy atom. The summed E-state index contributed by atoms with van der Waals surface area (Å²) in [6.07, 6.45) is 12.6. The molecule has 0 saturated heterocycles. The smallest absolute Gasteiger partial charge is 0.0494 e. The summed E-state index contributed by atoms with van der Waals surface area (Å²) in [5.74, 6) is 2.39. The van der Waals surface area contributed by atoms with E-state index >= 15 is 0 Å². The SMILES string of the molecule is CC[C@@]1(N)CC[C@H](c2ccc3c(c2)CC[C@H](CCOCC2CC2)C3)C1. The van der Waals surface area contributed by atoms with Crippen LogP contribution < -0.4 is 5.73 Å². The van der Waals surface area contributed by atoms with Crippen molar-refractivity contribution in [3.8, 4) is 0 Å². The lowest BCUT2D eigenvalue weighted by atomic mass is 9.80. The van der Waals surface area contributed by atoms with Crippen molar-refractivity contribution in [2.45, 2.75) is 82.6 Å². The van der Waals surface area contributed by atoms with Crippen molar-refractivity contribution < 1.29 is 4.74 Å². The molecular formula is C23H35NO. The van der Waals surface area contributed by atoms with Crippen LogP contribution in [0.2, 0.25) is 0 Å². The standard InChI is InChI=1S/C23H35NO/c1-2-23(24)11-9-22(15-23)21-8-7-19-13-17(5-6-20(19)14-21)10-12-25-16-18-3-4-18/h7-8,14,17-18,22H,2-6,9-13,15-16,24H2,1H3/t17-,22+,23-/m1/s1. The van der Waals surface area contributed by atoms with Gasteiger partial charge < -0.3 is 10.5 Å². The largest absolute Gasteiger partial charge is 0.381 e. The number of nitrogens with two attached hydrogens (primary N) is 1. The Balaban J connectivity index is 1.31. The Morgan fingerprint density at radius 3 is 2.76 bits per heavy atom. The van der Waals surface area contributed by atoms with Gasteiger partial charge in [0.1, 0.15) is 0 Å². The van der Waals surface area contributed by atoms with Gasteiger partial charge in [-0.1, -0.05) is 25.1 Å². The van der Waals surface area contributed by atoms with Crippen molar-refractivity contribution in [1.82, 2.24) is 0 Å². The summed E-state index contributed by atoms with van der Waals surface area (Å²) in [7, 11) is 0. The van der Waals surface area contributed by atoms with Gasteiger partial charge in [-0.2, -0.15) is 0 Å². The number of fused-ring (bicyclic) bond motifs is 1. The lowest BCUT2D eigenvalue weighted by Crippen LogP contribution is -2.35. The van der Waals surface area contributed by atoms with Crippen molar-refractivity contribution >= 4 is 0 Å². The minimum Gasteiger partial charge on any atom is -0.381 e. The third-order valence-corrected chi connectivity index (χ3v) is 7.10. The molecule has 0 spiro atoms. The van der Waals surface area contributed by atoms with Crippen LogP contribution in [0.4, 0.5) is 0 Å². The van der Waals surface area contributed by atoms with Gasteiger partial charge >= 0.3 is 0 Å². The van der Waals surface area contributed by atoms with E-state index in [0.717, 1.165) is 31.5 Å². The maximum atomic E-state index is 6.51. The molecule has 2 N–H and O–H groups in total. The number of rotatable bonds is 7. The summed E-state index contributed by atoms with van der Waals surface area (Å²) in [6.45, 7) is 4.21. The number of aryl methyl sites for hydroxylation is 1. The molecule has 1 aromatic carbocycles. The van der Waals surface area contributed by atoms with Crippen molar-refractivity contribution in [3.05, 3.63) is 34.9 Å². The molecule has 0 aliphatic heterocycles. The quantitative estimate of drug-likeness (QED) is 0.710. The normalized spacial score (nSPS) is 31.9. The molecule has 3 aliphatic rings. The maximum Gasteiger partial charge on any atom is 0.0494 e. The number of hydrogen-bond donors (Lipinski definition) is 1. The third kappa shape index (κ3) is 4.28. The second-order valence-corrected chi connectivity index (χ2v) is 9.10. The van der Waals surface area contributed by atoms with Crippen LogP contribution in [-0.2, 0) is 17.6 Å². The fraction of sp³-hybridized carbons (Fsp3) is 0.739. The lowest BCUT2D eigenvalue weighted by Gasteiger charge is -2.26. The first-order valence-corrected chi connectivity index (χ1v) is 10.6. The molecule has 0 radical (unpaired) electrons. The highest BCUT2D eigenvalue weighted by molar-refractivity contribution is 5.36. The highest BCUT2D eigenvalue weighted by atomic mass is 16.5. The van der Waals surface area contributed by atoms with E-state index in [1.54, 1.807) is 16.7 Å². The van der Waals surface area contributed by atoms with E-state index < -0.39 is 0 Å². The lowest BCUT2D eigenvalue weighted by molar-refractivity contribution is 0.109. The summed E-state index contributed by atoms with van der Waals surface area (Å²) >= 11 is 0. The molecule has 0 aromatic heterocycles. The van der Waals surface area contributed by atoms with Gasteiger partial charge in [-0.15, -0.1) is 0 Å². The van der Waals surface area contributed by atoms with Crippen LogP contribution in [0.1, 0.15) is 80.9 Å². The molecule has 0 unspecified atom stereocenters. The third-order valence-electron chi connectivity index (χ3n) is 7.10. The molecule has 3 aliphatic carbocycles. The van der Waals surface area contributed by atoms with E-state index in [9.17, 15) is 0 Å². The number of hydrogen-bond acceptors (Lipinski definition) is 2. The van der Waals surface area contributed by atoms with Crippen LogP contribution in [-0.4, -0.2) is 18.8 Å². The zero-order chi connectivity index (χ0) is 17.3. The van der Waals surface area contributed by atoms with Gasteiger partial charge in [-0.25, -0.2) is 0 Å². The van der Waals surface area contributed by atoms with Gasteiger partial charge in [0, 0.05) is 18.8 Å². The zero-order valence-electron chi connectivity index (χ0n) is 15.9.